The maximum Gasteiger partial charge on any atom is 0.0106 e. The fourth-order valence-corrected chi connectivity index (χ4v) is 3.12. The lowest BCUT2D eigenvalue weighted by molar-refractivity contribution is 0.672. The van der Waals surface area contributed by atoms with Gasteiger partial charge in [-0.25, -0.2) is 0 Å². The van der Waals surface area contributed by atoms with Crippen LogP contribution in [0.1, 0.15) is 67.7 Å². The second-order valence-electron chi connectivity index (χ2n) is 4.54. The Bertz CT molecular complexity index is 283. The van der Waals surface area contributed by atoms with E-state index in [0.717, 1.165) is 5.92 Å². The molecular formula is C13H22S. The Hall–Kier alpha value is -0.300. The van der Waals surface area contributed by atoms with Crippen molar-refractivity contribution in [2.45, 2.75) is 59.3 Å². The minimum Gasteiger partial charge on any atom is -0.145 e. The molecule has 0 aliphatic heterocycles. The van der Waals surface area contributed by atoms with E-state index in [0.29, 0.717) is 5.92 Å². The van der Waals surface area contributed by atoms with Crippen LogP contribution in [-0.2, 0) is 0 Å². The largest absolute Gasteiger partial charge is 0.145 e. The molecule has 0 radical (unpaired) electrons. The lowest BCUT2D eigenvalue weighted by atomic mass is 10.0. The van der Waals surface area contributed by atoms with Crippen LogP contribution in [0.3, 0.4) is 0 Å². The first-order chi connectivity index (χ1) is 6.56. The molecule has 1 unspecified atom stereocenters. The lowest BCUT2D eigenvalue weighted by Crippen LogP contribution is -1.90. The summed E-state index contributed by atoms with van der Waals surface area (Å²) in [6.07, 6.45) is 2.61. The van der Waals surface area contributed by atoms with Crippen molar-refractivity contribution in [1.82, 2.24) is 0 Å². The van der Waals surface area contributed by atoms with E-state index >= 15 is 0 Å². The van der Waals surface area contributed by atoms with E-state index in [4.69, 9.17) is 0 Å². The van der Waals surface area contributed by atoms with Gasteiger partial charge in [-0.1, -0.05) is 34.1 Å². The van der Waals surface area contributed by atoms with E-state index in [2.05, 4.69) is 40.7 Å². The highest BCUT2D eigenvalue weighted by Gasteiger charge is 2.13. The van der Waals surface area contributed by atoms with Crippen LogP contribution < -0.4 is 0 Å². The van der Waals surface area contributed by atoms with Gasteiger partial charge in [0.1, 0.15) is 0 Å². The molecule has 1 aromatic rings. The quantitative estimate of drug-likeness (QED) is 0.650. The summed E-state index contributed by atoms with van der Waals surface area (Å²) in [5.41, 5.74) is 1.50. The first-order valence-corrected chi connectivity index (χ1v) is 6.48. The SMILES string of the molecule is CCCC(C)c1sc(C(C)C)cc1C. The van der Waals surface area contributed by atoms with Gasteiger partial charge in [0.25, 0.3) is 0 Å². The Morgan fingerprint density at radius 2 is 1.93 bits per heavy atom. The maximum absolute atomic E-state index is 2.37. The third-order valence-electron chi connectivity index (χ3n) is 2.71. The molecule has 0 aliphatic rings. The predicted molar refractivity (Wildman–Crippen MR) is 66.5 cm³/mol. The molecule has 0 N–H and O–H groups in total. The molecule has 0 bridgehead atoms. The van der Waals surface area contributed by atoms with E-state index in [9.17, 15) is 0 Å². The second-order valence-corrected chi connectivity index (χ2v) is 5.66. The van der Waals surface area contributed by atoms with Crippen molar-refractivity contribution in [2.75, 3.05) is 0 Å². The molecule has 14 heavy (non-hydrogen) atoms. The summed E-state index contributed by atoms with van der Waals surface area (Å²) in [4.78, 5) is 3.15. The van der Waals surface area contributed by atoms with E-state index in [1.807, 2.05) is 11.3 Å². The van der Waals surface area contributed by atoms with Crippen molar-refractivity contribution in [3.05, 3.63) is 21.4 Å². The van der Waals surface area contributed by atoms with Gasteiger partial charge < -0.3 is 0 Å². The van der Waals surface area contributed by atoms with Crippen molar-refractivity contribution < 1.29 is 0 Å². The highest BCUT2D eigenvalue weighted by atomic mass is 32.1. The van der Waals surface area contributed by atoms with Gasteiger partial charge in [-0.3, -0.25) is 0 Å². The Labute approximate surface area is 92.4 Å². The molecule has 0 fully saturated rings. The van der Waals surface area contributed by atoms with Crippen LogP contribution in [0.25, 0.3) is 0 Å². The van der Waals surface area contributed by atoms with Crippen molar-refractivity contribution in [1.29, 1.82) is 0 Å². The van der Waals surface area contributed by atoms with Crippen molar-refractivity contribution in [3.63, 3.8) is 0 Å². The maximum atomic E-state index is 2.37. The minimum atomic E-state index is 0.682. The van der Waals surface area contributed by atoms with Gasteiger partial charge in [0, 0.05) is 9.75 Å². The first kappa shape index (κ1) is 11.8. The molecule has 1 atom stereocenters. The second kappa shape index (κ2) is 4.97. The molecule has 1 aromatic heterocycles. The monoisotopic (exact) mass is 210 g/mol. The average molecular weight is 210 g/mol. The fraction of sp³-hybridized carbons (Fsp3) is 0.692. The fourth-order valence-electron chi connectivity index (χ4n) is 1.86. The van der Waals surface area contributed by atoms with Gasteiger partial charge in [0.05, 0.1) is 0 Å². The number of thiophene rings is 1. The molecule has 1 rings (SSSR count). The summed E-state index contributed by atoms with van der Waals surface area (Å²) in [6, 6.07) is 2.37. The summed E-state index contributed by atoms with van der Waals surface area (Å²) in [6.45, 7) is 11.4. The number of hydrogen-bond acceptors (Lipinski definition) is 1. The van der Waals surface area contributed by atoms with Crippen molar-refractivity contribution in [2.24, 2.45) is 0 Å². The molecule has 1 heteroatoms. The van der Waals surface area contributed by atoms with Crippen LogP contribution in [0, 0.1) is 6.92 Å². The zero-order valence-electron chi connectivity index (χ0n) is 10.1. The Balaban J connectivity index is 2.86. The molecule has 0 aliphatic carbocycles. The molecule has 0 nitrogen and oxygen atoms in total. The van der Waals surface area contributed by atoms with Crippen molar-refractivity contribution in [3.8, 4) is 0 Å². The Morgan fingerprint density at radius 3 is 2.36 bits per heavy atom. The zero-order valence-corrected chi connectivity index (χ0v) is 10.9. The molecule has 0 saturated carbocycles. The lowest BCUT2D eigenvalue weighted by Gasteiger charge is -2.08. The molecule has 1 heterocycles. The highest BCUT2D eigenvalue weighted by molar-refractivity contribution is 7.12. The molecule has 0 amide bonds. The topological polar surface area (TPSA) is 0 Å². The third-order valence-corrected chi connectivity index (χ3v) is 4.48. The third kappa shape index (κ3) is 2.60. The Kier molecular flexibility index (Phi) is 4.18. The van der Waals surface area contributed by atoms with E-state index in [1.165, 1.54) is 18.4 Å². The van der Waals surface area contributed by atoms with Crippen LogP contribution in [0.2, 0.25) is 0 Å². The summed E-state index contributed by atoms with van der Waals surface area (Å²) < 4.78 is 0. The number of rotatable bonds is 4. The minimum absolute atomic E-state index is 0.682. The zero-order chi connectivity index (χ0) is 10.7. The predicted octanol–water partition coefficient (Wildman–Crippen LogP) is 5.08. The van der Waals surface area contributed by atoms with Gasteiger partial charge in [0.15, 0.2) is 0 Å². The van der Waals surface area contributed by atoms with Gasteiger partial charge in [-0.05, 0) is 36.8 Å². The van der Waals surface area contributed by atoms with E-state index in [1.54, 1.807) is 9.75 Å². The van der Waals surface area contributed by atoms with Gasteiger partial charge >= 0.3 is 0 Å². The first-order valence-electron chi connectivity index (χ1n) is 5.66. The van der Waals surface area contributed by atoms with Crippen molar-refractivity contribution >= 4 is 11.3 Å². The summed E-state index contributed by atoms with van der Waals surface area (Å²) in [7, 11) is 0. The Morgan fingerprint density at radius 1 is 1.29 bits per heavy atom. The summed E-state index contributed by atoms with van der Waals surface area (Å²) in [5.74, 6) is 1.43. The van der Waals surface area contributed by atoms with Gasteiger partial charge in [-0.15, -0.1) is 11.3 Å². The van der Waals surface area contributed by atoms with Crippen LogP contribution in [-0.4, -0.2) is 0 Å². The molecule has 0 spiro atoms. The van der Waals surface area contributed by atoms with Crippen LogP contribution >= 0.6 is 11.3 Å². The van der Waals surface area contributed by atoms with Crippen LogP contribution in [0.15, 0.2) is 6.07 Å². The molecule has 0 aromatic carbocycles. The van der Waals surface area contributed by atoms with E-state index < -0.39 is 0 Å². The molecule has 80 valence electrons. The molecule has 0 saturated heterocycles. The highest BCUT2D eigenvalue weighted by Crippen LogP contribution is 2.34. The normalized spacial score (nSPS) is 13.6. The number of hydrogen-bond donors (Lipinski definition) is 0. The van der Waals surface area contributed by atoms with E-state index in [-0.39, 0.29) is 0 Å². The number of aryl methyl sites for hydroxylation is 1. The van der Waals surface area contributed by atoms with Crippen LogP contribution in [0.4, 0.5) is 0 Å². The van der Waals surface area contributed by atoms with Crippen LogP contribution in [0.5, 0.6) is 0 Å². The molecular weight excluding hydrogens is 188 g/mol. The van der Waals surface area contributed by atoms with Gasteiger partial charge in [-0.2, -0.15) is 0 Å². The summed E-state index contributed by atoms with van der Waals surface area (Å²) in [5, 5.41) is 0. The standard InChI is InChI=1S/C13H22S/c1-6-7-10(4)13-11(5)8-12(14-13)9(2)3/h8-10H,6-7H2,1-5H3. The summed E-state index contributed by atoms with van der Waals surface area (Å²) >= 11 is 2.02. The smallest absolute Gasteiger partial charge is 0.0106 e. The average Bonchev–Trinajstić information content (AvgIpc) is 2.48. The van der Waals surface area contributed by atoms with Gasteiger partial charge in [0.2, 0.25) is 0 Å².